The summed E-state index contributed by atoms with van der Waals surface area (Å²) in [5.74, 6) is 0. The summed E-state index contributed by atoms with van der Waals surface area (Å²) < 4.78 is 0. The lowest BCUT2D eigenvalue weighted by Gasteiger charge is -2.10. The van der Waals surface area contributed by atoms with E-state index in [0.29, 0.717) is 5.54 Å². The van der Waals surface area contributed by atoms with Crippen molar-refractivity contribution in [3.05, 3.63) is 24.0 Å². The van der Waals surface area contributed by atoms with Gasteiger partial charge in [-0.25, -0.2) is 0 Å². The number of aromatic nitrogens is 1. The predicted molar refractivity (Wildman–Crippen MR) is 48.0 cm³/mol. The quantitative estimate of drug-likeness (QED) is 0.698. The van der Waals surface area contributed by atoms with Gasteiger partial charge in [0.15, 0.2) is 0 Å². The zero-order valence-corrected chi connectivity index (χ0v) is 7.37. The third kappa shape index (κ3) is 1.28. The van der Waals surface area contributed by atoms with Crippen LogP contribution >= 0.6 is 12.4 Å². The molecular weight excluding hydrogens is 160 g/mol. The van der Waals surface area contributed by atoms with Gasteiger partial charge < -0.3 is 10.3 Å². The summed E-state index contributed by atoms with van der Waals surface area (Å²) in [5.41, 5.74) is 1.73. The first-order chi connectivity index (χ1) is 4.87. The SMILES string of the molecule is CNC1(c2cc[nH]c2)CC1.Cl. The molecule has 0 bridgehead atoms. The van der Waals surface area contributed by atoms with E-state index in [1.807, 2.05) is 13.2 Å². The van der Waals surface area contributed by atoms with E-state index in [2.05, 4.69) is 22.6 Å². The third-order valence-electron chi connectivity index (χ3n) is 2.38. The number of hydrogen-bond acceptors (Lipinski definition) is 1. The highest BCUT2D eigenvalue weighted by molar-refractivity contribution is 5.85. The van der Waals surface area contributed by atoms with Crippen LogP contribution in [0.5, 0.6) is 0 Å². The van der Waals surface area contributed by atoms with E-state index >= 15 is 0 Å². The van der Waals surface area contributed by atoms with Gasteiger partial charge in [0.2, 0.25) is 0 Å². The van der Waals surface area contributed by atoms with Crippen LogP contribution in [0.25, 0.3) is 0 Å². The fourth-order valence-corrected chi connectivity index (χ4v) is 1.43. The Morgan fingerprint density at radius 1 is 1.55 bits per heavy atom. The van der Waals surface area contributed by atoms with Crippen molar-refractivity contribution in [2.24, 2.45) is 0 Å². The Bertz CT molecular complexity index is 214. The van der Waals surface area contributed by atoms with Gasteiger partial charge in [0.1, 0.15) is 0 Å². The molecule has 0 saturated heterocycles. The van der Waals surface area contributed by atoms with E-state index in [-0.39, 0.29) is 12.4 Å². The lowest BCUT2D eigenvalue weighted by molar-refractivity contribution is 0.586. The first kappa shape index (κ1) is 8.62. The topological polar surface area (TPSA) is 27.8 Å². The molecule has 1 aliphatic carbocycles. The maximum atomic E-state index is 3.33. The maximum absolute atomic E-state index is 3.33. The molecule has 3 heteroatoms. The highest BCUT2D eigenvalue weighted by Gasteiger charge is 2.42. The molecule has 62 valence electrons. The summed E-state index contributed by atoms with van der Waals surface area (Å²) in [5, 5.41) is 3.33. The number of H-pyrrole nitrogens is 1. The minimum Gasteiger partial charge on any atom is -0.367 e. The molecule has 0 radical (unpaired) electrons. The van der Waals surface area contributed by atoms with E-state index < -0.39 is 0 Å². The molecule has 11 heavy (non-hydrogen) atoms. The van der Waals surface area contributed by atoms with Gasteiger partial charge in [0.05, 0.1) is 0 Å². The van der Waals surface area contributed by atoms with Crippen molar-refractivity contribution in [3.8, 4) is 0 Å². The van der Waals surface area contributed by atoms with E-state index in [1.54, 1.807) is 0 Å². The molecule has 0 amide bonds. The zero-order valence-electron chi connectivity index (χ0n) is 6.55. The molecule has 2 nitrogen and oxygen atoms in total. The molecule has 1 aromatic heterocycles. The van der Waals surface area contributed by atoms with Crippen molar-refractivity contribution < 1.29 is 0 Å². The second kappa shape index (κ2) is 2.88. The van der Waals surface area contributed by atoms with Gasteiger partial charge in [0, 0.05) is 17.9 Å². The molecule has 0 aliphatic heterocycles. The Labute approximate surface area is 72.8 Å². The standard InChI is InChI=1S/C8H12N2.ClH/c1-9-8(3-4-8)7-2-5-10-6-7;/h2,5-6,9-10H,3-4H2,1H3;1H. The van der Waals surface area contributed by atoms with Crippen molar-refractivity contribution >= 4 is 12.4 Å². The van der Waals surface area contributed by atoms with Crippen LogP contribution in [0, 0.1) is 0 Å². The molecule has 1 aromatic rings. The Morgan fingerprint density at radius 2 is 2.27 bits per heavy atom. The number of halogens is 1. The molecule has 0 unspecified atom stereocenters. The maximum Gasteiger partial charge on any atom is 0.0448 e. The molecule has 0 atom stereocenters. The summed E-state index contributed by atoms with van der Waals surface area (Å²) in [7, 11) is 2.03. The molecule has 1 saturated carbocycles. The predicted octanol–water partition coefficient (Wildman–Crippen LogP) is 1.65. The van der Waals surface area contributed by atoms with Crippen LogP contribution in [-0.2, 0) is 5.54 Å². The number of rotatable bonds is 2. The lowest BCUT2D eigenvalue weighted by Crippen LogP contribution is -2.23. The Balaban J connectivity index is 0.000000605. The molecule has 1 heterocycles. The molecule has 0 aromatic carbocycles. The summed E-state index contributed by atoms with van der Waals surface area (Å²) in [4.78, 5) is 3.07. The van der Waals surface area contributed by atoms with E-state index in [9.17, 15) is 0 Å². The summed E-state index contributed by atoms with van der Waals surface area (Å²) in [6.45, 7) is 0. The largest absolute Gasteiger partial charge is 0.367 e. The second-order valence-electron chi connectivity index (χ2n) is 2.93. The molecule has 0 spiro atoms. The minimum atomic E-state index is 0. The smallest absolute Gasteiger partial charge is 0.0448 e. The van der Waals surface area contributed by atoms with Crippen LogP contribution in [-0.4, -0.2) is 12.0 Å². The summed E-state index contributed by atoms with van der Waals surface area (Å²) in [6.07, 6.45) is 6.61. The van der Waals surface area contributed by atoms with Gasteiger partial charge in [-0.2, -0.15) is 0 Å². The average Bonchev–Trinajstić information content (AvgIpc) is 2.58. The Kier molecular flexibility index (Phi) is 2.25. The molecule has 2 N–H and O–H groups in total. The van der Waals surface area contributed by atoms with Crippen LogP contribution in [0.3, 0.4) is 0 Å². The second-order valence-corrected chi connectivity index (χ2v) is 2.93. The van der Waals surface area contributed by atoms with Gasteiger partial charge >= 0.3 is 0 Å². The van der Waals surface area contributed by atoms with Crippen LogP contribution in [0.4, 0.5) is 0 Å². The molecule has 2 rings (SSSR count). The average molecular weight is 173 g/mol. The van der Waals surface area contributed by atoms with Crippen LogP contribution in [0.15, 0.2) is 18.5 Å². The van der Waals surface area contributed by atoms with Crippen molar-refractivity contribution in [1.29, 1.82) is 0 Å². The van der Waals surface area contributed by atoms with Crippen LogP contribution in [0.2, 0.25) is 0 Å². The summed E-state index contributed by atoms with van der Waals surface area (Å²) >= 11 is 0. The van der Waals surface area contributed by atoms with E-state index in [1.165, 1.54) is 18.4 Å². The highest BCUT2D eigenvalue weighted by Crippen LogP contribution is 2.44. The monoisotopic (exact) mass is 172 g/mol. The first-order valence-electron chi connectivity index (χ1n) is 3.70. The Hall–Kier alpha value is -0.470. The van der Waals surface area contributed by atoms with E-state index in [4.69, 9.17) is 0 Å². The fraction of sp³-hybridized carbons (Fsp3) is 0.500. The molecule has 1 fully saturated rings. The van der Waals surface area contributed by atoms with Crippen molar-refractivity contribution in [2.45, 2.75) is 18.4 Å². The minimum absolute atomic E-state index is 0. The van der Waals surface area contributed by atoms with Crippen molar-refractivity contribution in [2.75, 3.05) is 7.05 Å². The third-order valence-corrected chi connectivity index (χ3v) is 2.38. The van der Waals surface area contributed by atoms with E-state index in [0.717, 1.165) is 0 Å². The number of hydrogen-bond donors (Lipinski definition) is 2. The van der Waals surface area contributed by atoms with Gasteiger partial charge in [-0.1, -0.05) is 0 Å². The van der Waals surface area contributed by atoms with Gasteiger partial charge in [-0.15, -0.1) is 12.4 Å². The fourth-order valence-electron chi connectivity index (χ4n) is 1.43. The number of nitrogens with one attached hydrogen (secondary N) is 2. The van der Waals surface area contributed by atoms with Crippen molar-refractivity contribution in [3.63, 3.8) is 0 Å². The highest BCUT2D eigenvalue weighted by atomic mass is 35.5. The van der Waals surface area contributed by atoms with Crippen molar-refractivity contribution in [1.82, 2.24) is 10.3 Å². The Morgan fingerprint density at radius 3 is 2.64 bits per heavy atom. The summed E-state index contributed by atoms with van der Waals surface area (Å²) in [6, 6.07) is 2.14. The first-order valence-corrected chi connectivity index (χ1v) is 3.70. The van der Waals surface area contributed by atoms with Gasteiger partial charge in [-0.3, -0.25) is 0 Å². The lowest BCUT2D eigenvalue weighted by atomic mass is 10.1. The molecule has 1 aliphatic rings. The molecular formula is C8H13ClN2. The van der Waals surface area contributed by atoms with Crippen LogP contribution in [0.1, 0.15) is 18.4 Å². The zero-order chi connectivity index (χ0) is 7.03. The number of aromatic amines is 1. The van der Waals surface area contributed by atoms with Gasteiger partial charge in [0.25, 0.3) is 0 Å². The van der Waals surface area contributed by atoms with Gasteiger partial charge in [-0.05, 0) is 31.5 Å². The normalized spacial score (nSPS) is 19.0. The van der Waals surface area contributed by atoms with Crippen LogP contribution < -0.4 is 5.32 Å².